The number of hydrogen-bond acceptors (Lipinski definition) is 1. The minimum Gasteiger partial charge on any atom is -0.352 e. The lowest BCUT2D eigenvalue weighted by atomic mass is 9.85. The second-order valence-corrected chi connectivity index (χ2v) is 5.15. The van der Waals surface area contributed by atoms with E-state index in [4.69, 9.17) is 0 Å². The van der Waals surface area contributed by atoms with Gasteiger partial charge in [-0.3, -0.25) is 4.79 Å². The molecule has 0 saturated heterocycles. The lowest BCUT2D eigenvalue weighted by molar-refractivity contribution is 0.0940. The van der Waals surface area contributed by atoms with E-state index in [1.54, 1.807) is 24.3 Å². The lowest BCUT2D eigenvalue weighted by Crippen LogP contribution is -2.32. The highest BCUT2D eigenvalue weighted by molar-refractivity contribution is 6.07. The molecular formula is C16H16FNO. The number of nitrogens with one attached hydrogen (secondary N) is 1. The molecule has 1 fully saturated rings. The predicted octanol–water partition coefficient (Wildman–Crippen LogP) is 3.51. The normalized spacial score (nSPS) is 15.2. The second kappa shape index (κ2) is 5.00. The Kier molecular flexibility index (Phi) is 3.20. The summed E-state index contributed by atoms with van der Waals surface area (Å²) in [6.07, 6.45) is 3.66. The average Bonchev–Trinajstić information content (AvgIpc) is 2.37. The molecule has 1 saturated carbocycles. The van der Waals surface area contributed by atoms with E-state index in [0.29, 0.717) is 22.3 Å². The maximum absolute atomic E-state index is 13.7. The Balaban J connectivity index is 1.87. The molecule has 98 valence electrons. The van der Waals surface area contributed by atoms with Crippen LogP contribution in [0.25, 0.3) is 10.8 Å². The first-order valence-electron chi connectivity index (χ1n) is 6.71. The Morgan fingerprint density at radius 2 is 1.89 bits per heavy atom. The number of halogens is 1. The van der Waals surface area contributed by atoms with Gasteiger partial charge in [0.25, 0.3) is 5.91 Å². The Bertz CT molecular complexity index is 619. The minimum atomic E-state index is -0.286. The number of amides is 1. The first kappa shape index (κ1) is 12.2. The van der Waals surface area contributed by atoms with Crippen LogP contribution < -0.4 is 5.32 Å². The third kappa shape index (κ3) is 2.33. The zero-order chi connectivity index (χ0) is 13.2. The van der Waals surface area contributed by atoms with Crippen molar-refractivity contribution >= 4 is 16.7 Å². The van der Waals surface area contributed by atoms with Crippen LogP contribution >= 0.6 is 0 Å². The van der Waals surface area contributed by atoms with E-state index in [-0.39, 0.29) is 11.7 Å². The molecule has 2 nitrogen and oxygen atoms in total. The fourth-order valence-electron chi connectivity index (χ4n) is 2.49. The maximum Gasteiger partial charge on any atom is 0.251 e. The summed E-state index contributed by atoms with van der Waals surface area (Å²) in [7, 11) is 0. The molecule has 2 aromatic carbocycles. The zero-order valence-corrected chi connectivity index (χ0v) is 10.7. The molecule has 1 N–H and O–H groups in total. The standard InChI is InChI=1S/C16H16FNO/c17-15-9-8-14(12-6-1-2-7-13(12)15)16(19)18-10-11-4-3-5-11/h1-2,6-9,11H,3-5,10H2,(H,18,19). The van der Waals surface area contributed by atoms with Gasteiger partial charge < -0.3 is 5.32 Å². The minimum absolute atomic E-state index is 0.108. The van der Waals surface area contributed by atoms with Crippen molar-refractivity contribution in [2.24, 2.45) is 5.92 Å². The van der Waals surface area contributed by atoms with Gasteiger partial charge in [0.2, 0.25) is 0 Å². The third-order valence-electron chi connectivity index (χ3n) is 3.89. The molecule has 0 radical (unpaired) electrons. The number of fused-ring (bicyclic) bond motifs is 1. The van der Waals surface area contributed by atoms with Crippen LogP contribution in [0, 0.1) is 11.7 Å². The summed E-state index contributed by atoms with van der Waals surface area (Å²) in [5.74, 6) is 0.227. The first-order valence-corrected chi connectivity index (χ1v) is 6.71. The van der Waals surface area contributed by atoms with Crippen molar-refractivity contribution in [1.82, 2.24) is 5.32 Å². The van der Waals surface area contributed by atoms with Crippen molar-refractivity contribution in [3.63, 3.8) is 0 Å². The molecule has 2 aromatic rings. The highest BCUT2D eigenvalue weighted by atomic mass is 19.1. The number of hydrogen-bond donors (Lipinski definition) is 1. The maximum atomic E-state index is 13.7. The molecule has 0 atom stereocenters. The van der Waals surface area contributed by atoms with Crippen LogP contribution in [0.15, 0.2) is 36.4 Å². The van der Waals surface area contributed by atoms with Gasteiger partial charge in [0.15, 0.2) is 0 Å². The van der Waals surface area contributed by atoms with Crippen molar-refractivity contribution in [2.75, 3.05) is 6.54 Å². The summed E-state index contributed by atoms with van der Waals surface area (Å²) in [5, 5.41) is 4.12. The van der Waals surface area contributed by atoms with Crippen LogP contribution in [0.3, 0.4) is 0 Å². The van der Waals surface area contributed by atoms with E-state index in [2.05, 4.69) is 5.32 Å². The topological polar surface area (TPSA) is 29.1 Å². The number of rotatable bonds is 3. The fraction of sp³-hybridized carbons (Fsp3) is 0.312. The molecule has 0 spiro atoms. The molecule has 1 amide bonds. The van der Waals surface area contributed by atoms with E-state index in [9.17, 15) is 9.18 Å². The van der Waals surface area contributed by atoms with Gasteiger partial charge in [0.1, 0.15) is 5.82 Å². The number of carbonyl (C=O) groups excluding carboxylic acids is 1. The summed E-state index contributed by atoms with van der Waals surface area (Å²) in [6.45, 7) is 0.727. The average molecular weight is 257 g/mol. The van der Waals surface area contributed by atoms with E-state index in [0.717, 1.165) is 6.54 Å². The molecule has 1 aliphatic carbocycles. The molecular weight excluding hydrogens is 241 g/mol. The van der Waals surface area contributed by atoms with Crippen LogP contribution in [0.5, 0.6) is 0 Å². The van der Waals surface area contributed by atoms with E-state index in [1.165, 1.54) is 25.3 Å². The predicted molar refractivity (Wildman–Crippen MR) is 73.6 cm³/mol. The van der Waals surface area contributed by atoms with Crippen molar-refractivity contribution in [1.29, 1.82) is 0 Å². The van der Waals surface area contributed by atoms with Gasteiger partial charge in [-0.25, -0.2) is 4.39 Å². The van der Waals surface area contributed by atoms with Crippen LogP contribution in [0.2, 0.25) is 0 Å². The smallest absolute Gasteiger partial charge is 0.251 e. The van der Waals surface area contributed by atoms with Crippen LogP contribution in [-0.2, 0) is 0 Å². The molecule has 0 aliphatic heterocycles. The monoisotopic (exact) mass is 257 g/mol. The van der Waals surface area contributed by atoms with E-state index < -0.39 is 0 Å². The summed E-state index contributed by atoms with van der Waals surface area (Å²) in [4.78, 5) is 12.2. The van der Waals surface area contributed by atoms with Gasteiger partial charge in [-0.2, -0.15) is 0 Å². The quantitative estimate of drug-likeness (QED) is 0.895. The molecule has 0 aromatic heterocycles. The molecule has 0 unspecified atom stereocenters. The molecule has 0 bridgehead atoms. The van der Waals surface area contributed by atoms with Gasteiger partial charge in [0.05, 0.1) is 0 Å². The highest BCUT2D eigenvalue weighted by Crippen LogP contribution is 2.26. The number of benzene rings is 2. The first-order chi connectivity index (χ1) is 9.25. The van der Waals surface area contributed by atoms with Gasteiger partial charge in [-0.1, -0.05) is 30.7 Å². The molecule has 3 heteroatoms. The number of carbonyl (C=O) groups is 1. The summed E-state index contributed by atoms with van der Waals surface area (Å²) < 4.78 is 13.7. The Morgan fingerprint density at radius 1 is 1.16 bits per heavy atom. The van der Waals surface area contributed by atoms with Crippen molar-refractivity contribution in [2.45, 2.75) is 19.3 Å². The van der Waals surface area contributed by atoms with Crippen molar-refractivity contribution in [3.8, 4) is 0 Å². The van der Waals surface area contributed by atoms with Gasteiger partial charge in [-0.05, 0) is 36.3 Å². The van der Waals surface area contributed by atoms with E-state index >= 15 is 0 Å². The largest absolute Gasteiger partial charge is 0.352 e. The summed E-state index contributed by atoms with van der Waals surface area (Å²) in [6, 6.07) is 10.0. The molecule has 1 aliphatic rings. The van der Waals surface area contributed by atoms with Crippen LogP contribution in [-0.4, -0.2) is 12.5 Å². The van der Waals surface area contributed by atoms with Gasteiger partial charge in [-0.15, -0.1) is 0 Å². The Labute approximate surface area is 111 Å². The van der Waals surface area contributed by atoms with Gasteiger partial charge in [0, 0.05) is 17.5 Å². The summed E-state index contributed by atoms with van der Waals surface area (Å²) in [5.41, 5.74) is 0.552. The van der Waals surface area contributed by atoms with Crippen molar-refractivity contribution in [3.05, 3.63) is 47.8 Å². The summed E-state index contributed by atoms with van der Waals surface area (Å²) >= 11 is 0. The third-order valence-corrected chi connectivity index (χ3v) is 3.89. The molecule has 3 rings (SSSR count). The molecule has 0 heterocycles. The fourth-order valence-corrected chi connectivity index (χ4v) is 2.49. The SMILES string of the molecule is O=C(NCC1CCC1)c1ccc(F)c2ccccc12. The Morgan fingerprint density at radius 3 is 2.58 bits per heavy atom. The van der Waals surface area contributed by atoms with Crippen molar-refractivity contribution < 1.29 is 9.18 Å². The second-order valence-electron chi connectivity index (χ2n) is 5.15. The highest BCUT2D eigenvalue weighted by Gasteiger charge is 2.19. The zero-order valence-electron chi connectivity index (χ0n) is 10.7. The lowest BCUT2D eigenvalue weighted by Gasteiger charge is -2.25. The molecule has 19 heavy (non-hydrogen) atoms. The van der Waals surface area contributed by atoms with E-state index in [1.807, 2.05) is 6.07 Å². The van der Waals surface area contributed by atoms with Gasteiger partial charge >= 0.3 is 0 Å². The van der Waals surface area contributed by atoms with Crippen LogP contribution in [0.1, 0.15) is 29.6 Å². The van der Waals surface area contributed by atoms with Crippen LogP contribution in [0.4, 0.5) is 4.39 Å². The Hall–Kier alpha value is -1.90.